The van der Waals surface area contributed by atoms with Crippen molar-refractivity contribution in [3.63, 3.8) is 0 Å². The lowest BCUT2D eigenvalue weighted by molar-refractivity contribution is -0.117. The molecule has 1 fully saturated rings. The molecular weight excluding hydrogens is 398 g/mol. The molecule has 0 unspecified atom stereocenters. The molecule has 2 aromatic rings. The number of rotatable bonds is 7. The lowest BCUT2D eigenvalue weighted by Crippen LogP contribution is -2.36. The van der Waals surface area contributed by atoms with Gasteiger partial charge in [-0.25, -0.2) is 8.42 Å². The molecule has 1 heterocycles. The summed E-state index contributed by atoms with van der Waals surface area (Å²) in [6, 6.07) is 13.2. The van der Waals surface area contributed by atoms with Gasteiger partial charge in [-0.05, 0) is 62.6 Å². The zero-order chi connectivity index (χ0) is 21.7. The smallest absolute Gasteiger partial charge is 0.243 e. The first-order valence-electron chi connectivity index (χ1n) is 10.4. The van der Waals surface area contributed by atoms with Gasteiger partial charge in [0.25, 0.3) is 0 Å². The molecule has 30 heavy (non-hydrogen) atoms. The van der Waals surface area contributed by atoms with Crippen molar-refractivity contribution in [1.29, 1.82) is 0 Å². The second kappa shape index (κ2) is 9.73. The highest BCUT2D eigenvalue weighted by Gasteiger charge is 2.27. The number of hydrogen-bond donors (Lipinski definition) is 1. The van der Waals surface area contributed by atoms with Crippen molar-refractivity contribution in [2.24, 2.45) is 0 Å². The molecule has 1 N–H and O–H groups in total. The fourth-order valence-electron chi connectivity index (χ4n) is 3.78. The molecule has 1 aliphatic rings. The van der Waals surface area contributed by atoms with Gasteiger partial charge in [0.05, 0.1) is 11.4 Å². The van der Waals surface area contributed by atoms with Crippen molar-refractivity contribution in [1.82, 2.24) is 9.21 Å². The number of sulfonamides is 1. The third-order valence-corrected chi connectivity index (χ3v) is 7.56. The van der Waals surface area contributed by atoms with E-state index in [0.29, 0.717) is 30.9 Å². The summed E-state index contributed by atoms with van der Waals surface area (Å²) < 4.78 is 27.7. The van der Waals surface area contributed by atoms with E-state index in [9.17, 15) is 13.2 Å². The first-order valence-corrected chi connectivity index (χ1v) is 11.8. The minimum Gasteiger partial charge on any atom is -0.325 e. The molecule has 0 aromatic heterocycles. The Hall–Kier alpha value is -2.22. The average molecular weight is 430 g/mol. The maximum Gasteiger partial charge on any atom is 0.243 e. The van der Waals surface area contributed by atoms with E-state index in [4.69, 9.17) is 0 Å². The van der Waals surface area contributed by atoms with Crippen molar-refractivity contribution < 1.29 is 13.2 Å². The first-order chi connectivity index (χ1) is 14.3. The summed E-state index contributed by atoms with van der Waals surface area (Å²) in [7, 11) is -1.65. The van der Waals surface area contributed by atoms with E-state index in [1.165, 1.54) is 11.1 Å². The van der Waals surface area contributed by atoms with E-state index in [2.05, 4.69) is 24.4 Å². The number of likely N-dealkylation sites (N-methyl/N-ethyl adjacent to an activating group) is 1. The van der Waals surface area contributed by atoms with Crippen LogP contribution in [0.25, 0.3) is 0 Å². The Morgan fingerprint density at radius 2 is 1.73 bits per heavy atom. The van der Waals surface area contributed by atoms with Gasteiger partial charge in [-0.2, -0.15) is 4.31 Å². The van der Waals surface area contributed by atoms with E-state index in [1.807, 2.05) is 24.1 Å². The van der Waals surface area contributed by atoms with Crippen LogP contribution in [0.5, 0.6) is 0 Å². The Kier molecular flexibility index (Phi) is 7.28. The van der Waals surface area contributed by atoms with E-state index in [0.717, 1.165) is 19.3 Å². The van der Waals surface area contributed by atoms with E-state index in [-0.39, 0.29) is 17.3 Å². The molecule has 1 amide bonds. The van der Waals surface area contributed by atoms with Gasteiger partial charge in [0.2, 0.25) is 15.9 Å². The SMILES string of the molecule is Cc1ccccc1CN(C)CC(=O)Nc1ccc(C)c(S(=O)(=O)N2CCCCC2)c1. The molecule has 7 heteroatoms. The molecule has 0 bridgehead atoms. The van der Waals surface area contributed by atoms with Gasteiger partial charge in [0.1, 0.15) is 0 Å². The third-order valence-electron chi connectivity index (χ3n) is 5.52. The summed E-state index contributed by atoms with van der Waals surface area (Å²) in [5.41, 5.74) is 3.56. The van der Waals surface area contributed by atoms with Crippen LogP contribution in [0.15, 0.2) is 47.4 Å². The third kappa shape index (κ3) is 5.47. The molecule has 2 aromatic carbocycles. The molecule has 162 valence electrons. The minimum absolute atomic E-state index is 0.170. The zero-order valence-corrected chi connectivity index (χ0v) is 18.8. The summed E-state index contributed by atoms with van der Waals surface area (Å²) in [6.07, 6.45) is 2.85. The maximum atomic E-state index is 13.1. The van der Waals surface area contributed by atoms with E-state index < -0.39 is 10.0 Å². The Morgan fingerprint density at radius 1 is 1.03 bits per heavy atom. The highest BCUT2D eigenvalue weighted by Crippen LogP contribution is 2.26. The molecule has 0 radical (unpaired) electrons. The predicted octanol–water partition coefficient (Wildman–Crippen LogP) is 3.55. The number of carbonyl (C=O) groups excluding carboxylic acids is 1. The monoisotopic (exact) mass is 429 g/mol. The molecule has 6 nitrogen and oxygen atoms in total. The van der Waals surface area contributed by atoms with Crippen LogP contribution in [0.2, 0.25) is 0 Å². The molecule has 0 spiro atoms. The average Bonchev–Trinajstić information content (AvgIpc) is 2.71. The van der Waals surface area contributed by atoms with Gasteiger partial charge in [-0.15, -0.1) is 0 Å². The number of amides is 1. The molecule has 1 aliphatic heterocycles. The highest BCUT2D eigenvalue weighted by atomic mass is 32.2. The van der Waals surface area contributed by atoms with Gasteiger partial charge < -0.3 is 5.32 Å². The summed E-state index contributed by atoms with van der Waals surface area (Å²) in [6.45, 7) is 5.85. The molecule has 0 atom stereocenters. The number of aryl methyl sites for hydroxylation is 2. The second-order valence-electron chi connectivity index (χ2n) is 8.09. The summed E-state index contributed by atoms with van der Waals surface area (Å²) in [5, 5.41) is 2.85. The molecular formula is C23H31N3O3S. The predicted molar refractivity (Wildman–Crippen MR) is 120 cm³/mol. The lowest BCUT2D eigenvalue weighted by atomic mass is 10.1. The standard InChI is InChI=1S/C23H31N3O3S/c1-18-9-5-6-10-20(18)16-25(3)17-23(27)24-21-12-11-19(2)22(15-21)30(28,29)26-13-7-4-8-14-26/h5-6,9-12,15H,4,7-8,13-14,16-17H2,1-3H3,(H,24,27). The van der Waals surface area contributed by atoms with Crippen LogP contribution in [0.1, 0.15) is 36.0 Å². The van der Waals surface area contributed by atoms with E-state index in [1.54, 1.807) is 29.4 Å². The van der Waals surface area contributed by atoms with Crippen LogP contribution in [0.3, 0.4) is 0 Å². The largest absolute Gasteiger partial charge is 0.325 e. The number of nitrogens with zero attached hydrogens (tertiary/aromatic N) is 2. The van der Waals surface area contributed by atoms with Gasteiger partial charge in [0, 0.05) is 25.3 Å². The van der Waals surface area contributed by atoms with Crippen LogP contribution < -0.4 is 5.32 Å². The van der Waals surface area contributed by atoms with Crippen molar-refractivity contribution in [2.45, 2.75) is 44.6 Å². The van der Waals surface area contributed by atoms with Gasteiger partial charge in [-0.1, -0.05) is 36.8 Å². The van der Waals surface area contributed by atoms with Crippen LogP contribution in [-0.2, 0) is 21.4 Å². The number of piperidine rings is 1. The molecule has 0 aliphatic carbocycles. The lowest BCUT2D eigenvalue weighted by Gasteiger charge is -2.26. The van der Waals surface area contributed by atoms with Gasteiger partial charge in [0.15, 0.2) is 0 Å². The topological polar surface area (TPSA) is 69.7 Å². The number of hydrogen-bond acceptors (Lipinski definition) is 4. The summed E-state index contributed by atoms with van der Waals surface area (Å²) in [4.78, 5) is 14.7. The van der Waals surface area contributed by atoms with Crippen LogP contribution in [0, 0.1) is 13.8 Å². The van der Waals surface area contributed by atoms with Crippen molar-refractivity contribution in [2.75, 3.05) is 32.0 Å². The fraction of sp³-hybridized carbons (Fsp3) is 0.435. The second-order valence-corrected chi connectivity index (χ2v) is 10.00. The fourth-order valence-corrected chi connectivity index (χ4v) is 5.55. The Balaban J connectivity index is 1.67. The van der Waals surface area contributed by atoms with Crippen LogP contribution >= 0.6 is 0 Å². The summed E-state index contributed by atoms with van der Waals surface area (Å²) >= 11 is 0. The van der Waals surface area contributed by atoms with Crippen LogP contribution in [-0.4, -0.2) is 50.2 Å². The van der Waals surface area contributed by atoms with Crippen LogP contribution in [0.4, 0.5) is 5.69 Å². The van der Waals surface area contributed by atoms with Crippen molar-refractivity contribution in [3.05, 3.63) is 59.2 Å². The van der Waals surface area contributed by atoms with E-state index >= 15 is 0 Å². The summed E-state index contributed by atoms with van der Waals surface area (Å²) in [5.74, 6) is -0.170. The highest BCUT2D eigenvalue weighted by molar-refractivity contribution is 7.89. The number of benzene rings is 2. The van der Waals surface area contributed by atoms with Crippen molar-refractivity contribution >= 4 is 21.6 Å². The molecule has 0 saturated carbocycles. The Labute approximate surface area is 179 Å². The van der Waals surface area contributed by atoms with Gasteiger partial charge in [-0.3, -0.25) is 9.69 Å². The van der Waals surface area contributed by atoms with Crippen molar-refractivity contribution in [3.8, 4) is 0 Å². The molecule has 3 rings (SSSR count). The Bertz CT molecular complexity index is 999. The maximum absolute atomic E-state index is 13.1. The van der Waals surface area contributed by atoms with Gasteiger partial charge >= 0.3 is 0 Å². The minimum atomic E-state index is -3.55. The quantitative estimate of drug-likeness (QED) is 0.731. The zero-order valence-electron chi connectivity index (χ0n) is 18.0. The number of carbonyl (C=O) groups is 1. The first kappa shape index (κ1) is 22.5. The molecule has 1 saturated heterocycles. The normalized spacial score (nSPS) is 15.3. The number of nitrogens with one attached hydrogen (secondary N) is 1. The Morgan fingerprint density at radius 3 is 2.43 bits per heavy atom. The number of anilines is 1.